The first-order valence-corrected chi connectivity index (χ1v) is 4.58. The molecule has 1 aromatic heterocycles. The third kappa shape index (κ3) is 2.25. The van der Waals surface area contributed by atoms with Gasteiger partial charge in [0.15, 0.2) is 17.3 Å². The van der Waals surface area contributed by atoms with Crippen LogP contribution in [0.5, 0.6) is 0 Å². The lowest BCUT2D eigenvalue weighted by Crippen LogP contribution is -2.01. The number of carboxylic acid groups (broad SMARTS) is 1. The molecule has 17 heavy (non-hydrogen) atoms. The van der Waals surface area contributed by atoms with Gasteiger partial charge in [-0.05, 0) is 18.2 Å². The smallest absolute Gasteiger partial charge is 0.356 e. The van der Waals surface area contributed by atoms with E-state index in [0.717, 1.165) is 18.3 Å². The van der Waals surface area contributed by atoms with E-state index in [2.05, 4.69) is 9.97 Å². The number of hydrogen-bond acceptors (Lipinski definition) is 3. The fourth-order valence-electron chi connectivity index (χ4n) is 1.24. The van der Waals surface area contributed by atoms with E-state index >= 15 is 0 Å². The molecule has 0 spiro atoms. The molecule has 0 unspecified atom stereocenters. The fraction of sp³-hybridized carbons (Fsp3) is 0. The van der Waals surface area contributed by atoms with Crippen molar-refractivity contribution in [2.45, 2.75) is 0 Å². The van der Waals surface area contributed by atoms with Crippen molar-refractivity contribution in [3.8, 4) is 11.3 Å². The second-order valence-electron chi connectivity index (χ2n) is 3.22. The molecular weight excluding hydrogens is 230 g/mol. The molecule has 0 aliphatic carbocycles. The van der Waals surface area contributed by atoms with E-state index < -0.39 is 17.6 Å². The number of halogens is 2. The molecule has 2 aromatic rings. The van der Waals surface area contributed by atoms with Crippen molar-refractivity contribution in [1.29, 1.82) is 0 Å². The van der Waals surface area contributed by atoms with Gasteiger partial charge in [-0.15, -0.1) is 0 Å². The summed E-state index contributed by atoms with van der Waals surface area (Å²) in [7, 11) is 0. The van der Waals surface area contributed by atoms with Crippen LogP contribution in [-0.4, -0.2) is 21.0 Å². The molecule has 0 bridgehead atoms. The molecule has 2 rings (SSSR count). The minimum Gasteiger partial charge on any atom is -0.476 e. The minimum absolute atomic E-state index is 0.212. The van der Waals surface area contributed by atoms with E-state index in [1.165, 1.54) is 12.3 Å². The second kappa shape index (κ2) is 4.25. The molecule has 0 saturated carbocycles. The maximum absolute atomic E-state index is 13.0. The normalized spacial score (nSPS) is 10.2. The Morgan fingerprint density at radius 1 is 1.12 bits per heavy atom. The zero-order chi connectivity index (χ0) is 12.4. The average molecular weight is 236 g/mol. The van der Waals surface area contributed by atoms with Crippen molar-refractivity contribution in [3.05, 3.63) is 47.9 Å². The molecule has 86 valence electrons. The van der Waals surface area contributed by atoms with Crippen LogP contribution in [0.1, 0.15) is 10.5 Å². The van der Waals surface area contributed by atoms with Gasteiger partial charge in [-0.3, -0.25) is 4.98 Å². The topological polar surface area (TPSA) is 63.1 Å². The van der Waals surface area contributed by atoms with E-state index in [4.69, 9.17) is 5.11 Å². The van der Waals surface area contributed by atoms with Gasteiger partial charge in [0, 0.05) is 5.56 Å². The van der Waals surface area contributed by atoms with Crippen molar-refractivity contribution in [1.82, 2.24) is 9.97 Å². The van der Waals surface area contributed by atoms with Crippen LogP contribution in [0.3, 0.4) is 0 Å². The Morgan fingerprint density at radius 2 is 1.88 bits per heavy atom. The molecule has 0 amide bonds. The lowest BCUT2D eigenvalue weighted by Gasteiger charge is -2.01. The molecule has 0 aliphatic heterocycles. The van der Waals surface area contributed by atoms with Crippen molar-refractivity contribution >= 4 is 5.97 Å². The first-order valence-electron chi connectivity index (χ1n) is 4.58. The van der Waals surface area contributed by atoms with E-state index in [1.807, 2.05) is 0 Å². The number of carbonyl (C=O) groups is 1. The van der Waals surface area contributed by atoms with Crippen LogP contribution < -0.4 is 0 Å². The number of hydrogen-bond donors (Lipinski definition) is 1. The molecule has 1 heterocycles. The van der Waals surface area contributed by atoms with E-state index in [-0.39, 0.29) is 11.4 Å². The molecule has 0 aliphatic rings. The summed E-state index contributed by atoms with van der Waals surface area (Å²) in [4.78, 5) is 18.0. The number of aromatic carboxylic acids is 1. The van der Waals surface area contributed by atoms with Gasteiger partial charge in [0.25, 0.3) is 0 Å². The number of aromatic nitrogens is 2. The summed E-state index contributed by atoms with van der Waals surface area (Å²) in [5, 5.41) is 8.61. The summed E-state index contributed by atoms with van der Waals surface area (Å²) < 4.78 is 25.7. The van der Waals surface area contributed by atoms with Gasteiger partial charge in [-0.1, -0.05) is 0 Å². The highest BCUT2D eigenvalue weighted by Crippen LogP contribution is 2.18. The lowest BCUT2D eigenvalue weighted by atomic mass is 10.1. The minimum atomic E-state index is -1.20. The molecule has 4 nitrogen and oxygen atoms in total. The van der Waals surface area contributed by atoms with Crippen LogP contribution in [0.25, 0.3) is 11.3 Å². The van der Waals surface area contributed by atoms with Crippen LogP contribution in [0.15, 0.2) is 30.6 Å². The quantitative estimate of drug-likeness (QED) is 0.867. The third-order valence-electron chi connectivity index (χ3n) is 2.09. The lowest BCUT2D eigenvalue weighted by molar-refractivity contribution is 0.0690. The Labute approximate surface area is 94.6 Å². The zero-order valence-electron chi connectivity index (χ0n) is 8.39. The molecule has 6 heteroatoms. The number of benzene rings is 1. The van der Waals surface area contributed by atoms with E-state index in [9.17, 15) is 13.6 Å². The third-order valence-corrected chi connectivity index (χ3v) is 2.09. The van der Waals surface area contributed by atoms with E-state index in [0.29, 0.717) is 5.56 Å². The van der Waals surface area contributed by atoms with Crippen molar-refractivity contribution < 1.29 is 18.7 Å². The monoisotopic (exact) mass is 236 g/mol. The van der Waals surface area contributed by atoms with Crippen LogP contribution in [-0.2, 0) is 0 Å². The maximum atomic E-state index is 13.0. The molecular formula is C11H6F2N2O2. The summed E-state index contributed by atoms with van der Waals surface area (Å²) in [6, 6.07) is 3.28. The number of rotatable bonds is 2. The van der Waals surface area contributed by atoms with Crippen LogP contribution >= 0.6 is 0 Å². The molecule has 0 fully saturated rings. The number of nitrogens with zero attached hydrogens (tertiary/aromatic N) is 2. The number of carboxylic acids is 1. The van der Waals surface area contributed by atoms with Gasteiger partial charge in [-0.25, -0.2) is 18.6 Å². The van der Waals surface area contributed by atoms with E-state index in [1.54, 1.807) is 0 Å². The van der Waals surface area contributed by atoms with Gasteiger partial charge in [0.2, 0.25) is 0 Å². The predicted octanol–water partition coefficient (Wildman–Crippen LogP) is 2.12. The Morgan fingerprint density at radius 3 is 2.41 bits per heavy atom. The Balaban J connectivity index is 2.39. The highest BCUT2D eigenvalue weighted by molar-refractivity contribution is 5.85. The van der Waals surface area contributed by atoms with Gasteiger partial charge < -0.3 is 5.11 Å². The van der Waals surface area contributed by atoms with Gasteiger partial charge in [0.05, 0.1) is 18.1 Å². The first-order chi connectivity index (χ1) is 8.08. The molecule has 0 atom stereocenters. The Kier molecular flexibility index (Phi) is 2.78. The summed E-state index contributed by atoms with van der Waals surface area (Å²) in [5.41, 5.74) is 0.388. The predicted molar refractivity (Wildman–Crippen MR) is 54.3 cm³/mol. The van der Waals surface area contributed by atoms with Crippen molar-refractivity contribution in [2.75, 3.05) is 0 Å². The Hall–Kier alpha value is -2.37. The summed E-state index contributed by atoms with van der Waals surface area (Å²) >= 11 is 0. The molecule has 0 saturated heterocycles. The van der Waals surface area contributed by atoms with Crippen LogP contribution in [0, 0.1) is 11.6 Å². The van der Waals surface area contributed by atoms with Gasteiger partial charge >= 0.3 is 5.97 Å². The fourth-order valence-corrected chi connectivity index (χ4v) is 1.24. The second-order valence-corrected chi connectivity index (χ2v) is 3.22. The maximum Gasteiger partial charge on any atom is 0.356 e. The SMILES string of the molecule is O=C(O)c1cnc(-c2ccc(F)c(F)c2)cn1. The van der Waals surface area contributed by atoms with Crippen molar-refractivity contribution in [3.63, 3.8) is 0 Å². The Bertz CT molecular complexity index is 570. The highest BCUT2D eigenvalue weighted by Gasteiger charge is 2.08. The first kappa shape index (κ1) is 11.1. The zero-order valence-corrected chi connectivity index (χ0v) is 8.39. The standard InChI is InChI=1S/C11H6F2N2O2/c12-7-2-1-6(3-8(7)13)9-4-15-10(5-14-9)11(16)17/h1-5H,(H,16,17). The van der Waals surface area contributed by atoms with Crippen LogP contribution in [0.2, 0.25) is 0 Å². The molecule has 1 aromatic carbocycles. The highest BCUT2D eigenvalue weighted by atomic mass is 19.2. The molecule has 0 radical (unpaired) electrons. The molecule has 1 N–H and O–H groups in total. The summed E-state index contributed by atoms with van der Waals surface area (Å²) in [6.45, 7) is 0. The van der Waals surface area contributed by atoms with Crippen molar-refractivity contribution in [2.24, 2.45) is 0 Å². The van der Waals surface area contributed by atoms with Gasteiger partial charge in [-0.2, -0.15) is 0 Å². The van der Waals surface area contributed by atoms with Crippen LogP contribution in [0.4, 0.5) is 8.78 Å². The van der Waals surface area contributed by atoms with Gasteiger partial charge in [0.1, 0.15) is 0 Å². The average Bonchev–Trinajstić information content (AvgIpc) is 2.33. The summed E-state index contributed by atoms with van der Waals surface area (Å²) in [5.74, 6) is -3.15. The largest absolute Gasteiger partial charge is 0.476 e. The summed E-state index contributed by atoms with van der Waals surface area (Å²) in [6.07, 6.45) is 2.25.